The SMILES string of the molecule is COC(=O)/C(=C(/C(Br)=C/c1ccccc1)[Si](C)(C)C)[Si](C)(C)C. The van der Waals surface area contributed by atoms with Gasteiger partial charge >= 0.3 is 5.97 Å². The van der Waals surface area contributed by atoms with Gasteiger partial charge in [-0.25, -0.2) is 4.79 Å². The molecule has 0 spiro atoms. The van der Waals surface area contributed by atoms with Gasteiger partial charge in [-0.15, -0.1) is 0 Å². The van der Waals surface area contributed by atoms with Gasteiger partial charge in [0.05, 0.1) is 23.3 Å². The quantitative estimate of drug-likeness (QED) is 0.271. The first kappa shape index (κ1) is 20.1. The van der Waals surface area contributed by atoms with Crippen LogP contribution in [0.5, 0.6) is 0 Å². The van der Waals surface area contributed by atoms with E-state index in [2.05, 4.69) is 73.4 Å². The minimum Gasteiger partial charge on any atom is -0.466 e. The molecule has 0 bridgehead atoms. The van der Waals surface area contributed by atoms with Crippen molar-refractivity contribution in [2.45, 2.75) is 39.3 Å². The van der Waals surface area contributed by atoms with E-state index in [1.54, 1.807) is 0 Å². The highest BCUT2D eigenvalue weighted by atomic mass is 79.9. The Bertz CT molecular complexity index is 621. The molecule has 0 aliphatic rings. The number of hydrogen-bond acceptors (Lipinski definition) is 2. The van der Waals surface area contributed by atoms with Crippen LogP contribution in [0, 0.1) is 0 Å². The molecular weight excluding hydrogens is 384 g/mol. The summed E-state index contributed by atoms with van der Waals surface area (Å²) < 4.78 is 6.13. The van der Waals surface area contributed by atoms with Crippen molar-refractivity contribution in [3.05, 3.63) is 50.8 Å². The summed E-state index contributed by atoms with van der Waals surface area (Å²) in [5, 5.41) is 2.07. The molecule has 0 heterocycles. The molecule has 0 fully saturated rings. The molecule has 0 radical (unpaired) electrons. The van der Waals surface area contributed by atoms with Crippen molar-refractivity contribution < 1.29 is 9.53 Å². The van der Waals surface area contributed by atoms with Crippen LogP contribution in [-0.4, -0.2) is 29.2 Å². The molecule has 0 aromatic heterocycles. The van der Waals surface area contributed by atoms with E-state index in [1.807, 2.05) is 18.2 Å². The number of esters is 1. The minimum atomic E-state index is -1.85. The first-order valence-corrected chi connectivity index (χ1v) is 15.5. The second kappa shape index (κ2) is 7.77. The van der Waals surface area contributed by atoms with Gasteiger partial charge in [-0.05, 0) is 16.8 Å². The van der Waals surface area contributed by atoms with Crippen LogP contribution in [0.4, 0.5) is 0 Å². The molecule has 1 aromatic rings. The van der Waals surface area contributed by atoms with Gasteiger partial charge in [-0.1, -0.05) is 85.5 Å². The lowest BCUT2D eigenvalue weighted by atomic mass is 10.2. The third-order valence-corrected chi connectivity index (χ3v) is 8.69. The molecule has 23 heavy (non-hydrogen) atoms. The largest absolute Gasteiger partial charge is 0.466 e. The number of rotatable bonds is 5. The van der Waals surface area contributed by atoms with Crippen molar-refractivity contribution in [1.29, 1.82) is 0 Å². The van der Waals surface area contributed by atoms with Crippen molar-refractivity contribution in [1.82, 2.24) is 0 Å². The molecule has 0 saturated carbocycles. The number of halogens is 1. The van der Waals surface area contributed by atoms with E-state index in [1.165, 1.54) is 12.3 Å². The van der Waals surface area contributed by atoms with Crippen molar-refractivity contribution in [2.75, 3.05) is 7.11 Å². The standard InChI is InChI=1S/C18H27BrO2Si2/c1-21-18(20)17(23(5,6)7)16(22(2,3)4)15(19)13-14-11-9-8-10-12-14/h8-13H,1-7H3/b15-13-,17-16+. The van der Waals surface area contributed by atoms with Crippen LogP contribution in [-0.2, 0) is 9.53 Å². The summed E-state index contributed by atoms with van der Waals surface area (Å²) in [6.07, 6.45) is 2.11. The summed E-state index contributed by atoms with van der Waals surface area (Å²) in [7, 11) is -2.14. The summed E-state index contributed by atoms with van der Waals surface area (Å²) in [4.78, 5) is 12.5. The predicted molar refractivity (Wildman–Crippen MR) is 109 cm³/mol. The maximum absolute atomic E-state index is 12.5. The summed E-state index contributed by atoms with van der Waals surface area (Å²) in [5.41, 5.74) is 1.12. The van der Waals surface area contributed by atoms with Gasteiger partial charge in [0, 0.05) is 9.68 Å². The third-order valence-electron chi connectivity index (χ3n) is 3.47. The Balaban J connectivity index is 3.64. The molecule has 0 unspecified atom stereocenters. The van der Waals surface area contributed by atoms with Gasteiger partial charge in [-0.3, -0.25) is 0 Å². The normalized spacial score (nSPS) is 14.3. The van der Waals surface area contributed by atoms with E-state index in [-0.39, 0.29) is 5.97 Å². The Kier molecular flexibility index (Phi) is 6.80. The molecule has 0 aliphatic carbocycles. The van der Waals surface area contributed by atoms with Crippen LogP contribution in [0.25, 0.3) is 6.08 Å². The average molecular weight is 411 g/mol. The summed E-state index contributed by atoms with van der Waals surface area (Å²) in [5.74, 6) is -0.181. The van der Waals surface area contributed by atoms with Crippen molar-refractivity contribution in [3.8, 4) is 0 Å². The van der Waals surface area contributed by atoms with Gasteiger partial charge in [0.1, 0.15) is 0 Å². The van der Waals surface area contributed by atoms with Crippen LogP contribution >= 0.6 is 15.9 Å². The maximum atomic E-state index is 12.5. The zero-order valence-electron chi connectivity index (χ0n) is 15.2. The number of carbonyl (C=O) groups excluding carboxylic acids is 1. The van der Waals surface area contributed by atoms with Crippen molar-refractivity contribution >= 4 is 44.1 Å². The molecule has 126 valence electrons. The lowest BCUT2D eigenvalue weighted by molar-refractivity contribution is -0.135. The average Bonchev–Trinajstić information content (AvgIpc) is 2.42. The number of ether oxygens (including phenoxy) is 1. The van der Waals surface area contributed by atoms with Gasteiger partial charge in [-0.2, -0.15) is 0 Å². The van der Waals surface area contributed by atoms with Gasteiger partial charge in [0.25, 0.3) is 0 Å². The zero-order chi connectivity index (χ0) is 17.8. The van der Waals surface area contributed by atoms with E-state index in [0.29, 0.717) is 0 Å². The zero-order valence-corrected chi connectivity index (χ0v) is 18.7. The van der Waals surface area contributed by atoms with E-state index < -0.39 is 16.1 Å². The molecule has 0 saturated heterocycles. The lowest BCUT2D eigenvalue weighted by Gasteiger charge is -2.30. The van der Waals surface area contributed by atoms with E-state index in [4.69, 9.17) is 4.74 Å². The highest BCUT2D eigenvalue weighted by molar-refractivity contribution is 9.12. The number of allylic oxidation sites excluding steroid dienone is 2. The first-order chi connectivity index (χ1) is 10.5. The smallest absolute Gasteiger partial charge is 0.329 e. The summed E-state index contributed by atoms with van der Waals surface area (Å²) >= 11 is 3.76. The molecule has 0 aliphatic heterocycles. The molecule has 5 heteroatoms. The van der Waals surface area contributed by atoms with Gasteiger partial charge in [0.15, 0.2) is 0 Å². The third kappa shape index (κ3) is 5.58. The second-order valence-corrected chi connectivity index (χ2v) is 18.5. The number of benzene rings is 1. The van der Waals surface area contributed by atoms with Crippen molar-refractivity contribution in [3.63, 3.8) is 0 Å². The Labute approximate surface area is 150 Å². The highest BCUT2D eigenvalue weighted by Gasteiger charge is 2.36. The van der Waals surface area contributed by atoms with Crippen LogP contribution in [0.1, 0.15) is 5.56 Å². The van der Waals surface area contributed by atoms with Gasteiger partial charge < -0.3 is 4.74 Å². The molecule has 0 amide bonds. The predicted octanol–water partition coefficient (Wildman–Crippen LogP) is 5.65. The fourth-order valence-corrected chi connectivity index (χ4v) is 10.4. The summed E-state index contributed by atoms with van der Waals surface area (Å²) in [6, 6.07) is 10.2. The van der Waals surface area contributed by atoms with Crippen molar-refractivity contribution in [2.24, 2.45) is 0 Å². The topological polar surface area (TPSA) is 26.3 Å². The fourth-order valence-electron chi connectivity index (χ4n) is 2.51. The second-order valence-electron chi connectivity index (χ2n) is 7.64. The Hall–Kier alpha value is -0.916. The summed E-state index contributed by atoms with van der Waals surface area (Å²) in [6.45, 7) is 13.4. The number of carbonyl (C=O) groups is 1. The van der Waals surface area contributed by atoms with Crippen LogP contribution in [0.15, 0.2) is 45.2 Å². The fraction of sp³-hybridized carbons (Fsp3) is 0.389. The minimum absolute atomic E-state index is 0.181. The van der Waals surface area contributed by atoms with Crippen LogP contribution in [0.3, 0.4) is 0 Å². The van der Waals surface area contributed by atoms with Crippen LogP contribution in [0.2, 0.25) is 39.3 Å². The van der Waals surface area contributed by atoms with E-state index >= 15 is 0 Å². The molecule has 0 N–H and O–H groups in total. The molecule has 1 rings (SSSR count). The first-order valence-electron chi connectivity index (χ1n) is 7.74. The Morgan fingerprint density at radius 1 is 0.957 bits per heavy atom. The number of methoxy groups -OCH3 is 1. The molecular formula is C18H27BrO2Si2. The molecule has 1 aromatic carbocycles. The Morgan fingerprint density at radius 2 is 1.43 bits per heavy atom. The molecule has 2 nitrogen and oxygen atoms in total. The van der Waals surface area contributed by atoms with E-state index in [9.17, 15) is 4.79 Å². The lowest BCUT2D eigenvalue weighted by Crippen LogP contribution is -2.38. The van der Waals surface area contributed by atoms with E-state index in [0.717, 1.165) is 15.2 Å². The molecule has 0 atom stereocenters. The number of hydrogen-bond donors (Lipinski definition) is 0. The monoisotopic (exact) mass is 410 g/mol. The highest BCUT2D eigenvalue weighted by Crippen LogP contribution is 2.35. The maximum Gasteiger partial charge on any atom is 0.329 e. The van der Waals surface area contributed by atoms with Crippen LogP contribution < -0.4 is 0 Å². The van der Waals surface area contributed by atoms with Gasteiger partial charge in [0.2, 0.25) is 0 Å². The Morgan fingerprint density at radius 3 is 1.83 bits per heavy atom.